The van der Waals surface area contributed by atoms with Gasteiger partial charge in [0.25, 0.3) is 6.70 Å². The van der Waals surface area contributed by atoms with Crippen LogP contribution in [0.4, 0.5) is 13.2 Å². The van der Waals surface area contributed by atoms with Gasteiger partial charge in [-0.15, -0.1) is 0 Å². The Bertz CT molecular complexity index is 161. The van der Waals surface area contributed by atoms with Crippen LogP contribution in [0, 0.1) is 0 Å². The van der Waals surface area contributed by atoms with Crippen LogP contribution >= 0.6 is 29.6 Å². The predicted octanol–water partition coefficient (Wildman–Crippen LogP) is 2.63. The average Bonchev–Trinajstić information content (AvgIpc) is 1.58. The summed E-state index contributed by atoms with van der Waals surface area (Å²) in [4.78, 5) is 0. The maximum absolute atomic E-state index is 10.8. The summed E-state index contributed by atoms with van der Waals surface area (Å²) >= 11 is 4.53. The Morgan fingerprint density at radius 2 is 1.55 bits per heavy atom. The number of hydrogen-bond donors (Lipinski definition) is 0. The number of alkyl halides is 3. The van der Waals surface area contributed by atoms with Crippen LogP contribution in [0.1, 0.15) is 6.42 Å². The van der Waals surface area contributed by atoms with Crippen LogP contribution in [0.15, 0.2) is 0 Å². The lowest BCUT2D eigenvalue weighted by atomic mass is 10.5. The second-order valence-electron chi connectivity index (χ2n) is 1.25. The third-order valence-corrected chi connectivity index (χ3v) is 0.327. The number of hydrogen-bond acceptors (Lipinski definition) is 2. The van der Waals surface area contributed by atoms with E-state index in [1.54, 1.807) is 0 Å². The fraction of sp³-hybridized carbons (Fsp3) is 1.00. The average molecular weight is 322 g/mol. The molecule has 0 amide bonds. The van der Waals surface area contributed by atoms with E-state index >= 15 is 0 Å². The first kappa shape index (κ1) is 14.2. The van der Waals surface area contributed by atoms with E-state index in [1.165, 1.54) is 0 Å². The fourth-order valence-electron chi connectivity index (χ4n) is 0.0825. The molecule has 0 aromatic carbocycles. The summed E-state index contributed by atoms with van der Waals surface area (Å²) in [6.07, 6.45) is -3.10. The van der Waals surface area contributed by atoms with Gasteiger partial charge < -0.3 is 0 Å². The zero-order chi connectivity index (χ0) is 9.49. The number of halogens is 5. The molecular formula is C3H5Br2F3O2S. The van der Waals surface area contributed by atoms with Crippen LogP contribution in [0.2, 0.25) is 0 Å². The molecule has 0 aliphatic carbocycles. The van der Waals surface area contributed by atoms with Gasteiger partial charge in [0.2, 0.25) is 6.43 Å². The van der Waals surface area contributed by atoms with Crippen LogP contribution in [-0.4, -0.2) is 21.5 Å². The van der Waals surface area contributed by atoms with Gasteiger partial charge in [-0.25, -0.2) is 17.2 Å². The van der Waals surface area contributed by atoms with Gasteiger partial charge in [0.15, 0.2) is 0 Å². The summed E-state index contributed by atoms with van der Waals surface area (Å²) in [5.41, 5.74) is 0. The Hall–Kier alpha value is 0.700. The molecule has 8 heteroatoms. The summed E-state index contributed by atoms with van der Waals surface area (Å²) in [7, 11) is 0. The highest BCUT2D eigenvalue weighted by Crippen LogP contribution is 2.06. The van der Waals surface area contributed by atoms with Gasteiger partial charge in [0, 0.05) is 6.42 Å². The van der Waals surface area contributed by atoms with Gasteiger partial charge in [-0.3, -0.25) is 4.39 Å². The molecule has 0 aliphatic rings. The summed E-state index contributed by atoms with van der Waals surface area (Å²) in [6, 6.07) is 0. The minimum Gasteiger partial charge on any atom is -0.251 e. The van der Waals surface area contributed by atoms with Crippen molar-refractivity contribution in [3.63, 3.8) is 0 Å². The Balaban J connectivity index is 0. The highest BCUT2D eigenvalue weighted by atomic mass is 79.9. The lowest BCUT2D eigenvalue weighted by molar-refractivity contribution is 0.127. The van der Waals surface area contributed by atoms with E-state index in [1.807, 2.05) is 0 Å². The van der Waals surface area contributed by atoms with Crippen LogP contribution in [-0.2, 0) is 6.70 Å². The monoisotopic (exact) mass is 320 g/mol. The SMILES string of the molecule is FCCC(F)F.O=S(=O)(Br)Br. The first-order valence-corrected chi connectivity index (χ1v) is 7.42. The molecule has 0 saturated heterocycles. The second kappa shape index (κ2) is 7.35. The Morgan fingerprint density at radius 3 is 1.55 bits per heavy atom. The van der Waals surface area contributed by atoms with Crippen molar-refractivity contribution < 1.29 is 21.6 Å². The van der Waals surface area contributed by atoms with Gasteiger partial charge in [0.05, 0.1) is 36.3 Å². The quantitative estimate of drug-likeness (QED) is 0.733. The van der Waals surface area contributed by atoms with Crippen molar-refractivity contribution in [2.45, 2.75) is 12.8 Å². The van der Waals surface area contributed by atoms with Crippen LogP contribution in [0.5, 0.6) is 0 Å². The van der Waals surface area contributed by atoms with Crippen LogP contribution in [0.25, 0.3) is 0 Å². The van der Waals surface area contributed by atoms with Crippen molar-refractivity contribution in [1.29, 1.82) is 0 Å². The third-order valence-electron chi connectivity index (χ3n) is 0.327. The topological polar surface area (TPSA) is 34.1 Å². The molecule has 0 bridgehead atoms. The lowest BCUT2D eigenvalue weighted by Crippen LogP contribution is -1.88. The molecule has 0 saturated carbocycles. The molecule has 2 nitrogen and oxygen atoms in total. The number of rotatable bonds is 2. The summed E-state index contributed by atoms with van der Waals surface area (Å²) in [5, 5.41) is 0. The second-order valence-corrected chi connectivity index (χ2v) is 9.72. The van der Waals surface area contributed by atoms with E-state index < -0.39 is 26.2 Å². The van der Waals surface area contributed by atoms with Gasteiger partial charge >= 0.3 is 0 Å². The molecule has 70 valence electrons. The lowest BCUT2D eigenvalue weighted by Gasteiger charge is -1.85. The van der Waals surface area contributed by atoms with E-state index in [2.05, 4.69) is 29.6 Å². The maximum atomic E-state index is 10.8. The highest BCUT2D eigenvalue weighted by Gasteiger charge is 1.97. The molecule has 0 radical (unpaired) electrons. The summed E-state index contributed by atoms with van der Waals surface area (Å²) in [6.45, 7) is -3.96. The normalized spacial score (nSPS) is 10.7. The zero-order valence-electron chi connectivity index (χ0n) is 5.11. The molecule has 0 aliphatic heterocycles. The van der Waals surface area contributed by atoms with E-state index in [-0.39, 0.29) is 0 Å². The van der Waals surface area contributed by atoms with E-state index in [4.69, 9.17) is 0 Å². The van der Waals surface area contributed by atoms with E-state index in [0.717, 1.165) is 0 Å². The molecule has 0 spiro atoms. The standard InChI is InChI=1S/C3H5F3.Br2O2S/c4-2-1-3(5)6;1-5(2,3)4/h3H,1-2H2;. The molecule has 0 aromatic heterocycles. The van der Waals surface area contributed by atoms with Gasteiger partial charge in [0.1, 0.15) is 0 Å². The molecule has 0 N–H and O–H groups in total. The molecule has 0 rings (SSSR count). The largest absolute Gasteiger partial charge is 0.268 e. The zero-order valence-corrected chi connectivity index (χ0v) is 9.09. The molecular weight excluding hydrogens is 317 g/mol. The smallest absolute Gasteiger partial charge is 0.251 e. The Morgan fingerprint density at radius 1 is 1.27 bits per heavy atom. The Kier molecular flexibility index (Phi) is 9.52. The first-order chi connectivity index (χ1) is 4.77. The fourth-order valence-corrected chi connectivity index (χ4v) is 0.0825. The van der Waals surface area contributed by atoms with Crippen molar-refractivity contribution in [2.24, 2.45) is 0 Å². The van der Waals surface area contributed by atoms with Crippen molar-refractivity contribution >= 4 is 36.3 Å². The van der Waals surface area contributed by atoms with Crippen LogP contribution in [0.3, 0.4) is 0 Å². The first-order valence-electron chi connectivity index (χ1n) is 2.25. The minimum atomic E-state index is -3.04. The van der Waals surface area contributed by atoms with Gasteiger partial charge in [-0.1, -0.05) is 0 Å². The van der Waals surface area contributed by atoms with Crippen molar-refractivity contribution in [3.05, 3.63) is 0 Å². The minimum absolute atomic E-state index is 0.625. The molecule has 11 heavy (non-hydrogen) atoms. The highest BCUT2D eigenvalue weighted by molar-refractivity contribution is 9.79. The van der Waals surface area contributed by atoms with Gasteiger partial charge in [-0.2, -0.15) is 0 Å². The van der Waals surface area contributed by atoms with Crippen LogP contribution < -0.4 is 0 Å². The molecule has 0 atom stereocenters. The third kappa shape index (κ3) is 59.2. The van der Waals surface area contributed by atoms with E-state index in [0.29, 0.717) is 0 Å². The maximum Gasteiger partial charge on any atom is 0.268 e. The van der Waals surface area contributed by atoms with Gasteiger partial charge in [-0.05, 0) is 0 Å². The summed E-state index contributed by atoms with van der Waals surface area (Å²) in [5.74, 6) is 0. The van der Waals surface area contributed by atoms with Crippen molar-refractivity contribution in [2.75, 3.05) is 6.67 Å². The van der Waals surface area contributed by atoms with E-state index in [9.17, 15) is 21.6 Å². The van der Waals surface area contributed by atoms with Crippen molar-refractivity contribution in [3.8, 4) is 0 Å². The Labute approximate surface area is 77.5 Å². The molecule has 0 unspecified atom stereocenters. The molecule has 0 heterocycles. The molecule has 0 aromatic rings. The predicted molar refractivity (Wildman–Crippen MR) is 43.4 cm³/mol. The summed E-state index contributed by atoms with van der Waals surface area (Å²) < 4.78 is 51.3. The molecule has 0 fully saturated rings. The van der Waals surface area contributed by atoms with Crippen molar-refractivity contribution in [1.82, 2.24) is 0 Å².